The van der Waals surface area contributed by atoms with Crippen LogP contribution in [0.25, 0.3) is 0 Å². The summed E-state index contributed by atoms with van der Waals surface area (Å²) in [6, 6.07) is 7.77. The van der Waals surface area contributed by atoms with Gasteiger partial charge in [-0.25, -0.2) is 9.67 Å². The first-order chi connectivity index (χ1) is 12.1. The highest BCUT2D eigenvalue weighted by molar-refractivity contribution is 5.35. The summed E-state index contributed by atoms with van der Waals surface area (Å²) < 4.78 is 7.04. The smallest absolute Gasteiger partial charge is 0.159 e. The van der Waals surface area contributed by atoms with Crippen molar-refractivity contribution in [1.29, 1.82) is 0 Å². The second-order valence-electron chi connectivity index (χ2n) is 6.62. The predicted octanol–water partition coefficient (Wildman–Crippen LogP) is 0.783. The summed E-state index contributed by atoms with van der Waals surface area (Å²) in [7, 11) is 3.69. The molecule has 2 aromatic rings. The Bertz CT molecular complexity index is 708. The molecule has 0 radical (unpaired) electrons. The summed E-state index contributed by atoms with van der Waals surface area (Å²) in [6.07, 6.45) is 1.74. The lowest BCUT2D eigenvalue weighted by Crippen LogP contribution is -2.42. The van der Waals surface area contributed by atoms with Gasteiger partial charge in [0.25, 0.3) is 0 Å². The molecule has 1 saturated heterocycles. The van der Waals surface area contributed by atoms with Crippen molar-refractivity contribution in [2.45, 2.75) is 31.4 Å². The van der Waals surface area contributed by atoms with Gasteiger partial charge in [0.1, 0.15) is 11.4 Å². The number of hydrogen-bond donors (Lipinski definition) is 2. The molecule has 2 N–H and O–H groups in total. The van der Waals surface area contributed by atoms with Crippen molar-refractivity contribution in [1.82, 2.24) is 19.7 Å². The first kappa shape index (κ1) is 17.8. The monoisotopic (exact) mass is 346 g/mol. The fourth-order valence-electron chi connectivity index (χ4n) is 3.29. The van der Waals surface area contributed by atoms with Crippen LogP contribution in [-0.4, -0.2) is 63.7 Å². The first-order valence-electron chi connectivity index (χ1n) is 8.63. The number of likely N-dealkylation sites (tertiary alicyclic amines) is 1. The molecule has 1 aliphatic rings. The number of ether oxygens (including phenoxy) is 1. The highest BCUT2D eigenvalue weighted by Crippen LogP contribution is 2.31. The van der Waals surface area contributed by atoms with E-state index >= 15 is 0 Å². The molecule has 1 fully saturated rings. The largest absolute Gasteiger partial charge is 0.496 e. The highest BCUT2D eigenvalue weighted by atomic mass is 16.5. The van der Waals surface area contributed by atoms with Gasteiger partial charge in [0.2, 0.25) is 0 Å². The van der Waals surface area contributed by atoms with Crippen LogP contribution in [0.4, 0.5) is 0 Å². The Balaban J connectivity index is 1.89. The molecule has 2 heterocycles. The van der Waals surface area contributed by atoms with Crippen LogP contribution in [0.15, 0.2) is 24.3 Å². The number of hydrogen-bond acceptors (Lipinski definition) is 6. The van der Waals surface area contributed by atoms with E-state index in [1.807, 2.05) is 31.3 Å². The fourth-order valence-corrected chi connectivity index (χ4v) is 3.29. The Morgan fingerprint density at radius 3 is 2.64 bits per heavy atom. The molecule has 1 aromatic carbocycles. The van der Waals surface area contributed by atoms with E-state index in [1.165, 1.54) is 0 Å². The number of para-hydroxylation sites is 1. The van der Waals surface area contributed by atoms with Gasteiger partial charge in [-0.2, -0.15) is 5.10 Å². The average Bonchev–Trinajstić information content (AvgIpc) is 3.02. The number of benzene rings is 1. The van der Waals surface area contributed by atoms with Crippen LogP contribution in [-0.2, 0) is 18.6 Å². The third-order valence-corrected chi connectivity index (χ3v) is 4.80. The van der Waals surface area contributed by atoms with Crippen molar-refractivity contribution >= 4 is 0 Å². The lowest BCUT2D eigenvalue weighted by molar-refractivity contribution is -0.0315. The first-order valence-corrected chi connectivity index (χ1v) is 8.63. The summed E-state index contributed by atoms with van der Waals surface area (Å²) in [5, 5.41) is 25.0. The number of aliphatic hydroxyl groups is 2. The molecular formula is C18H26N4O3. The Kier molecular flexibility index (Phi) is 5.36. The van der Waals surface area contributed by atoms with Crippen molar-refractivity contribution in [3.05, 3.63) is 41.5 Å². The van der Waals surface area contributed by atoms with E-state index in [2.05, 4.69) is 15.0 Å². The number of nitrogens with zero attached hydrogens (tertiary/aromatic N) is 4. The van der Waals surface area contributed by atoms with Gasteiger partial charge in [-0.05, 0) is 26.0 Å². The van der Waals surface area contributed by atoms with Crippen molar-refractivity contribution in [2.75, 3.05) is 33.9 Å². The van der Waals surface area contributed by atoms with Crippen LogP contribution < -0.4 is 4.74 Å². The minimum atomic E-state index is -0.992. The molecule has 0 spiro atoms. The lowest BCUT2D eigenvalue weighted by Gasteiger charge is -2.35. The third-order valence-electron chi connectivity index (χ3n) is 4.80. The van der Waals surface area contributed by atoms with Crippen LogP contribution in [0.1, 0.15) is 30.1 Å². The molecule has 0 unspecified atom stereocenters. The Morgan fingerprint density at radius 1 is 1.24 bits per heavy atom. The molecule has 7 nitrogen and oxygen atoms in total. The zero-order valence-electron chi connectivity index (χ0n) is 14.9. The van der Waals surface area contributed by atoms with E-state index in [4.69, 9.17) is 4.74 Å². The maximum Gasteiger partial charge on any atom is 0.159 e. The molecule has 7 heteroatoms. The quantitative estimate of drug-likeness (QED) is 0.804. The second kappa shape index (κ2) is 7.51. The van der Waals surface area contributed by atoms with Crippen molar-refractivity contribution in [3.63, 3.8) is 0 Å². The average molecular weight is 346 g/mol. The lowest BCUT2D eigenvalue weighted by atomic mass is 9.90. The summed E-state index contributed by atoms with van der Waals surface area (Å²) in [5.41, 5.74) is 0.00122. The van der Waals surface area contributed by atoms with Crippen LogP contribution in [0.5, 0.6) is 5.75 Å². The minimum absolute atomic E-state index is 0.0412. The number of piperidine rings is 1. The molecule has 0 amide bonds. The molecule has 1 aromatic heterocycles. The van der Waals surface area contributed by atoms with E-state index in [0.29, 0.717) is 37.5 Å². The topological polar surface area (TPSA) is 83.6 Å². The van der Waals surface area contributed by atoms with Crippen molar-refractivity contribution in [2.24, 2.45) is 0 Å². The van der Waals surface area contributed by atoms with E-state index in [9.17, 15) is 10.2 Å². The summed E-state index contributed by atoms with van der Waals surface area (Å²) in [6.45, 7) is 1.90. The van der Waals surface area contributed by atoms with Crippen LogP contribution in [0.3, 0.4) is 0 Å². The van der Waals surface area contributed by atoms with Crippen molar-refractivity contribution in [3.8, 4) is 5.75 Å². The van der Waals surface area contributed by atoms with Gasteiger partial charge in [0, 0.05) is 25.1 Å². The standard InChI is InChI=1S/C18H26N4O3/c1-21-9-7-18(24,8-10-21)17-19-16(20-22(17)11-12-23)13-14-5-3-4-6-15(14)25-2/h3-6,23-24H,7-13H2,1-2H3. The molecule has 0 aliphatic carbocycles. The van der Waals surface area contributed by atoms with Gasteiger partial charge in [-0.15, -0.1) is 0 Å². The van der Waals surface area contributed by atoms with Gasteiger partial charge >= 0.3 is 0 Å². The SMILES string of the molecule is COc1ccccc1Cc1nc(C2(O)CCN(C)CC2)n(CCO)n1. The maximum atomic E-state index is 11.1. The molecule has 1 aliphatic heterocycles. The van der Waals surface area contributed by atoms with E-state index in [-0.39, 0.29) is 6.61 Å². The molecule has 3 rings (SSSR count). The molecule has 0 bridgehead atoms. The molecule has 0 saturated carbocycles. The number of aromatic nitrogens is 3. The Labute approximate surface area is 147 Å². The summed E-state index contributed by atoms with van der Waals surface area (Å²) in [5.74, 6) is 1.97. The van der Waals surface area contributed by atoms with Gasteiger partial charge < -0.3 is 19.8 Å². The molecule has 0 atom stereocenters. The van der Waals surface area contributed by atoms with Crippen molar-refractivity contribution < 1.29 is 14.9 Å². The fraction of sp³-hybridized carbons (Fsp3) is 0.556. The van der Waals surface area contributed by atoms with E-state index in [1.54, 1.807) is 11.8 Å². The second-order valence-corrected chi connectivity index (χ2v) is 6.62. The normalized spacial score (nSPS) is 17.6. The van der Waals surface area contributed by atoms with Crippen LogP contribution >= 0.6 is 0 Å². The van der Waals surface area contributed by atoms with E-state index < -0.39 is 5.60 Å². The predicted molar refractivity (Wildman–Crippen MR) is 93.5 cm³/mol. The van der Waals surface area contributed by atoms with Gasteiger partial charge in [0.05, 0.1) is 20.3 Å². The van der Waals surface area contributed by atoms with Gasteiger partial charge in [-0.3, -0.25) is 0 Å². The van der Waals surface area contributed by atoms with Crippen LogP contribution in [0.2, 0.25) is 0 Å². The summed E-state index contributed by atoms with van der Waals surface area (Å²) in [4.78, 5) is 6.83. The third kappa shape index (κ3) is 3.84. The zero-order valence-corrected chi connectivity index (χ0v) is 14.9. The molecule has 25 heavy (non-hydrogen) atoms. The highest BCUT2D eigenvalue weighted by Gasteiger charge is 2.38. The minimum Gasteiger partial charge on any atom is -0.496 e. The molecular weight excluding hydrogens is 320 g/mol. The number of rotatable bonds is 6. The number of aliphatic hydroxyl groups excluding tert-OH is 1. The van der Waals surface area contributed by atoms with E-state index in [0.717, 1.165) is 24.4 Å². The molecule has 136 valence electrons. The van der Waals surface area contributed by atoms with Gasteiger partial charge in [-0.1, -0.05) is 18.2 Å². The Morgan fingerprint density at radius 2 is 1.96 bits per heavy atom. The van der Waals surface area contributed by atoms with Crippen LogP contribution in [0, 0.1) is 0 Å². The summed E-state index contributed by atoms with van der Waals surface area (Å²) >= 11 is 0. The number of methoxy groups -OCH3 is 1. The van der Waals surface area contributed by atoms with Gasteiger partial charge in [0.15, 0.2) is 11.6 Å². The zero-order chi connectivity index (χ0) is 17.9. The maximum absolute atomic E-state index is 11.1. The Hall–Kier alpha value is -1.96.